The molecule has 1 aliphatic rings. The van der Waals surface area contributed by atoms with E-state index >= 15 is 0 Å². The van der Waals surface area contributed by atoms with E-state index in [1.165, 1.54) is 9.58 Å². The van der Waals surface area contributed by atoms with Crippen LogP contribution >= 0.6 is 0 Å². The summed E-state index contributed by atoms with van der Waals surface area (Å²) in [6.07, 6.45) is 0. The Hall–Kier alpha value is -3.23. The summed E-state index contributed by atoms with van der Waals surface area (Å²) < 4.78 is 8.52. The van der Waals surface area contributed by atoms with Crippen molar-refractivity contribution in [2.75, 3.05) is 38.2 Å². The summed E-state index contributed by atoms with van der Waals surface area (Å²) in [4.78, 5) is 27.7. The third-order valence-electron chi connectivity index (χ3n) is 5.60. The number of nitrogens with one attached hydrogen (secondary N) is 3. The number of morpholine rings is 1. The molecule has 0 spiro atoms. The van der Waals surface area contributed by atoms with Crippen molar-refractivity contribution >= 4 is 11.6 Å². The first-order valence-electron chi connectivity index (χ1n) is 10.6. The maximum atomic E-state index is 13.2. The number of benzene rings is 2. The highest BCUT2D eigenvalue weighted by atomic mass is 16.5. The van der Waals surface area contributed by atoms with Crippen LogP contribution in [0.5, 0.6) is 0 Å². The van der Waals surface area contributed by atoms with Gasteiger partial charge in [0.25, 0.3) is 0 Å². The molecular formula is C23H29N5O3+2. The van der Waals surface area contributed by atoms with Crippen LogP contribution in [-0.2, 0) is 11.3 Å². The molecule has 3 aromatic rings. The lowest BCUT2D eigenvalue weighted by Gasteiger charge is -2.22. The maximum absolute atomic E-state index is 13.2. The first-order chi connectivity index (χ1) is 15.0. The van der Waals surface area contributed by atoms with Gasteiger partial charge in [0.2, 0.25) is 0 Å². The minimum Gasteiger partial charge on any atom is -0.370 e. The van der Waals surface area contributed by atoms with E-state index in [1.807, 2.05) is 62.4 Å². The number of amides is 1. The molecule has 1 amide bonds. The summed E-state index contributed by atoms with van der Waals surface area (Å²) in [7, 11) is 0. The SMILES string of the molecule is Cc1ccc(NC(=O)c2c(=O)n(-c3ccc(C)cc3)[nH][n+]2CC[NH+]2CCOCC2)cc1. The van der Waals surface area contributed by atoms with E-state index < -0.39 is 5.91 Å². The zero-order valence-electron chi connectivity index (χ0n) is 18.0. The van der Waals surface area contributed by atoms with Gasteiger partial charge in [-0.3, -0.25) is 4.79 Å². The lowest BCUT2D eigenvalue weighted by atomic mass is 10.2. The van der Waals surface area contributed by atoms with Crippen molar-refractivity contribution in [2.24, 2.45) is 0 Å². The van der Waals surface area contributed by atoms with Crippen LogP contribution in [0.4, 0.5) is 5.69 Å². The second kappa shape index (κ2) is 9.28. The highest BCUT2D eigenvalue weighted by Gasteiger charge is 2.30. The molecule has 8 heteroatoms. The molecule has 31 heavy (non-hydrogen) atoms. The Morgan fingerprint density at radius 3 is 2.32 bits per heavy atom. The Balaban J connectivity index is 1.64. The molecule has 2 heterocycles. The van der Waals surface area contributed by atoms with Crippen molar-refractivity contribution in [3.63, 3.8) is 0 Å². The maximum Gasteiger partial charge on any atom is 0.411 e. The molecule has 0 bridgehead atoms. The predicted molar refractivity (Wildman–Crippen MR) is 117 cm³/mol. The molecule has 0 atom stereocenters. The number of anilines is 1. The van der Waals surface area contributed by atoms with Gasteiger partial charge in [-0.1, -0.05) is 45.3 Å². The molecule has 0 saturated carbocycles. The summed E-state index contributed by atoms with van der Waals surface area (Å²) >= 11 is 0. The first-order valence-corrected chi connectivity index (χ1v) is 10.6. The Morgan fingerprint density at radius 1 is 1.06 bits per heavy atom. The fourth-order valence-corrected chi connectivity index (χ4v) is 3.69. The number of aromatic nitrogens is 3. The Morgan fingerprint density at radius 2 is 1.68 bits per heavy atom. The number of aromatic amines is 1. The van der Waals surface area contributed by atoms with Crippen molar-refractivity contribution < 1.29 is 19.1 Å². The van der Waals surface area contributed by atoms with Crippen LogP contribution in [0, 0.1) is 13.8 Å². The highest BCUT2D eigenvalue weighted by molar-refractivity contribution is 6.01. The molecule has 1 saturated heterocycles. The number of hydrogen-bond acceptors (Lipinski definition) is 3. The number of hydrogen-bond donors (Lipinski definition) is 3. The second-order valence-electron chi connectivity index (χ2n) is 8.01. The molecule has 4 rings (SSSR count). The minimum absolute atomic E-state index is 0.0915. The topological polar surface area (TPSA) is 84.4 Å². The number of ether oxygens (including phenoxy) is 1. The van der Waals surface area contributed by atoms with E-state index in [9.17, 15) is 9.59 Å². The van der Waals surface area contributed by atoms with Gasteiger partial charge in [-0.25, -0.2) is 4.79 Å². The van der Waals surface area contributed by atoms with Gasteiger partial charge in [0, 0.05) is 5.69 Å². The fourth-order valence-electron chi connectivity index (χ4n) is 3.69. The summed E-state index contributed by atoms with van der Waals surface area (Å²) in [5, 5.41) is 5.98. The van der Waals surface area contributed by atoms with Crippen molar-refractivity contribution in [3.8, 4) is 5.69 Å². The number of carbonyl (C=O) groups is 1. The highest BCUT2D eigenvalue weighted by Crippen LogP contribution is 2.10. The number of aryl methyl sites for hydroxylation is 2. The zero-order chi connectivity index (χ0) is 21.8. The van der Waals surface area contributed by atoms with E-state index in [2.05, 4.69) is 10.5 Å². The van der Waals surface area contributed by atoms with Crippen LogP contribution in [0.2, 0.25) is 0 Å². The monoisotopic (exact) mass is 423 g/mol. The Bertz CT molecular complexity index is 1090. The molecule has 0 aliphatic carbocycles. The number of carbonyl (C=O) groups excluding carboxylic acids is 1. The van der Waals surface area contributed by atoms with Gasteiger partial charge >= 0.3 is 17.2 Å². The zero-order valence-corrected chi connectivity index (χ0v) is 18.0. The van der Waals surface area contributed by atoms with Crippen LogP contribution in [-0.4, -0.2) is 48.7 Å². The van der Waals surface area contributed by atoms with Gasteiger partial charge in [0.1, 0.15) is 19.6 Å². The minimum atomic E-state index is -0.423. The van der Waals surface area contributed by atoms with Gasteiger partial charge in [-0.2, -0.15) is 0 Å². The van der Waals surface area contributed by atoms with Gasteiger partial charge in [0.05, 0.1) is 13.2 Å². The molecule has 1 aromatic heterocycles. The summed E-state index contributed by atoms with van der Waals surface area (Å²) in [5.41, 5.74) is 3.27. The molecule has 2 aromatic carbocycles. The number of quaternary nitrogens is 1. The van der Waals surface area contributed by atoms with E-state index in [-0.39, 0.29) is 11.3 Å². The van der Waals surface area contributed by atoms with Crippen molar-refractivity contribution in [1.29, 1.82) is 0 Å². The van der Waals surface area contributed by atoms with E-state index in [4.69, 9.17) is 4.74 Å². The lowest BCUT2D eigenvalue weighted by molar-refractivity contribution is -0.931. The van der Waals surface area contributed by atoms with E-state index in [1.54, 1.807) is 4.68 Å². The van der Waals surface area contributed by atoms with E-state index in [0.29, 0.717) is 17.9 Å². The third kappa shape index (κ3) is 4.92. The third-order valence-corrected chi connectivity index (χ3v) is 5.60. The number of rotatable bonds is 6. The van der Waals surface area contributed by atoms with Crippen molar-refractivity contribution in [3.05, 3.63) is 75.7 Å². The van der Waals surface area contributed by atoms with E-state index in [0.717, 1.165) is 44.0 Å². The quantitative estimate of drug-likeness (QED) is 0.497. The van der Waals surface area contributed by atoms with Gasteiger partial charge < -0.3 is 15.0 Å². The Kier molecular flexibility index (Phi) is 6.29. The van der Waals surface area contributed by atoms with Crippen LogP contribution in [0.1, 0.15) is 21.6 Å². The average molecular weight is 424 g/mol. The second-order valence-corrected chi connectivity index (χ2v) is 8.01. The smallest absolute Gasteiger partial charge is 0.370 e. The Labute approximate surface area is 181 Å². The lowest BCUT2D eigenvalue weighted by Crippen LogP contribution is -3.14. The molecule has 8 nitrogen and oxygen atoms in total. The van der Waals surface area contributed by atoms with Gasteiger partial charge in [-0.15, -0.1) is 4.68 Å². The predicted octanol–water partition coefficient (Wildman–Crippen LogP) is 0.237. The van der Waals surface area contributed by atoms with Gasteiger partial charge in [0.15, 0.2) is 12.2 Å². The van der Waals surface area contributed by atoms with Crippen LogP contribution < -0.4 is 20.5 Å². The van der Waals surface area contributed by atoms with Gasteiger partial charge in [-0.05, 0) is 38.1 Å². The first kappa shape index (κ1) is 21.0. The standard InChI is InChI=1S/C23H27N5O3/c1-17-3-7-19(8-4-17)24-22(29)21-23(30)28(20-9-5-18(2)6-10-20)25-27(21)12-11-26-13-15-31-16-14-26/h3-10H,11-16H2,1-2H3,(H-,24,25,29,30)/p+2. The van der Waals surface area contributed by atoms with Crippen LogP contribution in [0.3, 0.4) is 0 Å². The van der Waals surface area contributed by atoms with Crippen molar-refractivity contribution in [2.45, 2.75) is 20.4 Å². The summed E-state index contributed by atoms with van der Waals surface area (Å²) in [6, 6.07) is 15.1. The summed E-state index contributed by atoms with van der Waals surface area (Å²) in [5.74, 6) is -0.423. The molecule has 1 fully saturated rings. The molecular weight excluding hydrogens is 394 g/mol. The molecule has 0 unspecified atom stereocenters. The largest absolute Gasteiger partial charge is 0.411 e. The molecule has 0 radical (unpaired) electrons. The number of nitrogens with zero attached hydrogens (tertiary/aromatic N) is 2. The molecule has 162 valence electrons. The van der Waals surface area contributed by atoms with Crippen LogP contribution in [0.25, 0.3) is 5.69 Å². The fraction of sp³-hybridized carbons (Fsp3) is 0.348. The van der Waals surface area contributed by atoms with Crippen LogP contribution in [0.15, 0.2) is 53.3 Å². The molecule has 3 N–H and O–H groups in total. The summed E-state index contributed by atoms with van der Waals surface area (Å²) in [6.45, 7) is 8.63. The number of H-pyrrole nitrogens is 1. The molecule has 1 aliphatic heterocycles. The average Bonchev–Trinajstić information content (AvgIpc) is 3.11. The normalized spacial score (nSPS) is 14.5. The van der Waals surface area contributed by atoms with Crippen molar-refractivity contribution in [1.82, 2.24) is 9.90 Å².